The molecule has 0 saturated carbocycles. The van der Waals surface area contributed by atoms with E-state index in [-0.39, 0.29) is 22.7 Å². The van der Waals surface area contributed by atoms with Crippen LogP contribution in [0.15, 0.2) is 83.8 Å². The molecule has 0 spiro atoms. The number of rotatable bonds is 10. The van der Waals surface area contributed by atoms with Crippen LogP contribution < -0.4 is 15.4 Å². The molecule has 0 bridgehead atoms. The van der Waals surface area contributed by atoms with E-state index in [2.05, 4.69) is 15.4 Å². The number of nitro benzene ring substituents is 1. The summed E-state index contributed by atoms with van der Waals surface area (Å²) in [5.41, 5.74) is 1.73. The van der Waals surface area contributed by atoms with Crippen molar-refractivity contribution < 1.29 is 18.1 Å². The highest BCUT2D eigenvalue weighted by molar-refractivity contribution is 7.89. The lowest BCUT2D eigenvalue weighted by atomic mass is 10.1. The van der Waals surface area contributed by atoms with Gasteiger partial charge in [0, 0.05) is 42.5 Å². The number of carbonyl (C=O) groups is 1. The van der Waals surface area contributed by atoms with E-state index in [9.17, 15) is 23.3 Å². The van der Waals surface area contributed by atoms with E-state index < -0.39 is 26.9 Å². The zero-order valence-electron chi connectivity index (χ0n) is 17.9. The normalized spacial score (nSPS) is 12.0. The summed E-state index contributed by atoms with van der Waals surface area (Å²) in [5.74, 6) is -0.409. The molecule has 0 heterocycles. The van der Waals surface area contributed by atoms with Gasteiger partial charge in [0.05, 0.1) is 9.82 Å². The molecule has 3 aromatic rings. The third kappa shape index (κ3) is 6.61. The Balaban J connectivity index is 1.55. The van der Waals surface area contributed by atoms with E-state index in [0.717, 1.165) is 5.56 Å². The summed E-state index contributed by atoms with van der Waals surface area (Å²) in [6, 6.07) is 20.5. The van der Waals surface area contributed by atoms with Crippen LogP contribution >= 0.6 is 0 Å². The topological polar surface area (TPSA) is 130 Å². The Bertz CT molecular complexity index is 1220. The number of sulfonamides is 1. The molecule has 3 N–H and O–H groups in total. The van der Waals surface area contributed by atoms with Crippen molar-refractivity contribution >= 4 is 27.3 Å². The molecule has 0 aliphatic carbocycles. The van der Waals surface area contributed by atoms with Crippen molar-refractivity contribution in [1.29, 1.82) is 0 Å². The Morgan fingerprint density at radius 2 is 1.67 bits per heavy atom. The Hall–Kier alpha value is -3.76. The predicted octanol–water partition coefficient (Wildman–Crippen LogP) is 3.48. The molecule has 9 nitrogen and oxygen atoms in total. The number of non-ortho nitro benzene ring substituents is 1. The Morgan fingerprint density at radius 3 is 2.33 bits per heavy atom. The van der Waals surface area contributed by atoms with E-state index in [1.54, 1.807) is 25.1 Å². The monoisotopic (exact) mass is 468 g/mol. The van der Waals surface area contributed by atoms with Gasteiger partial charge in [-0.05, 0) is 42.8 Å². The Labute approximate surface area is 192 Å². The van der Waals surface area contributed by atoms with Crippen LogP contribution in [0.4, 0.5) is 11.4 Å². The van der Waals surface area contributed by atoms with Gasteiger partial charge in [-0.2, -0.15) is 0 Å². The van der Waals surface area contributed by atoms with Gasteiger partial charge < -0.3 is 10.6 Å². The number of nitrogens with zero attached hydrogens (tertiary/aromatic N) is 1. The van der Waals surface area contributed by atoms with Gasteiger partial charge in [0.2, 0.25) is 10.0 Å². The van der Waals surface area contributed by atoms with Crippen molar-refractivity contribution in [3.63, 3.8) is 0 Å². The molecule has 0 unspecified atom stereocenters. The molecule has 33 heavy (non-hydrogen) atoms. The summed E-state index contributed by atoms with van der Waals surface area (Å²) in [5, 5.41) is 16.4. The highest BCUT2D eigenvalue weighted by atomic mass is 32.2. The molecule has 0 fully saturated rings. The first-order valence-corrected chi connectivity index (χ1v) is 11.7. The van der Waals surface area contributed by atoms with Gasteiger partial charge in [-0.25, -0.2) is 13.1 Å². The van der Waals surface area contributed by atoms with Crippen molar-refractivity contribution in [2.24, 2.45) is 0 Å². The highest BCUT2D eigenvalue weighted by Crippen LogP contribution is 2.18. The zero-order valence-corrected chi connectivity index (χ0v) is 18.7. The van der Waals surface area contributed by atoms with Crippen LogP contribution in [0.2, 0.25) is 0 Å². The quantitative estimate of drug-likeness (QED) is 0.237. The molecule has 3 aromatic carbocycles. The van der Waals surface area contributed by atoms with E-state index in [1.807, 2.05) is 30.3 Å². The number of amides is 1. The largest absolute Gasteiger partial charge is 0.383 e. The minimum absolute atomic E-state index is 0.00179. The average Bonchev–Trinajstić information content (AvgIpc) is 2.82. The molecule has 0 aliphatic rings. The lowest BCUT2D eigenvalue weighted by Gasteiger charge is -2.15. The summed E-state index contributed by atoms with van der Waals surface area (Å²) in [7, 11) is -3.82. The number of hydrogen-bond donors (Lipinski definition) is 3. The van der Waals surface area contributed by atoms with Crippen LogP contribution in [0.1, 0.15) is 28.9 Å². The molecule has 0 aromatic heterocycles. The standard InChI is InChI=1S/C23H24N4O5S/c1-17(18-6-3-2-4-7-18)26-33(31,32)22-9-5-8-19(16-22)23(28)25-15-14-24-20-10-12-21(13-11-20)27(29)30/h2-13,16-17,24,26H,14-15H2,1H3,(H,25,28)/t17-/m1/s1. The van der Waals surface area contributed by atoms with E-state index >= 15 is 0 Å². The van der Waals surface area contributed by atoms with Crippen molar-refractivity contribution in [2.75, 3.05) is 18.4 Å². The average molecular weight is 469 g/mol. The summed E-state index contributed by atoms with van der Waals surface area (Å²) >= 11 is 0. The lowest BCUT2D eigenvalue weighted by molar-refractivity contribution is -0.384. The van der Waals surface area contributed by atoms with Gasteiger partial charge in [0.1, 0.15) is 0 Å². The third-order valence-electron chi connectivity index (χ3n) is 4.86. The molecule has 0 saturated heterocycles. The van der Waals surface area contributed by atoms with Gasteiger partial charge in [-0.15, -0.1) is 0 Å². The van der Waals surface area contributed by atoms with Crippen molar-refractivity contribution in [2.45, 2.75) is 17.9 Å². The van der Waals surface area contributed by atoms with E-state index in [4.69, 9.17) is 0 Å². The first-order valence-electron chi connectivity index (χ1n) is 10.2. The molecule has 10 heteroatoms. The third-order valence-corrected chi connectivity index (χ3v) is 6.39. The second-order valence-electron chi connectivity index (χ2n) is 7.27. The summed E-state index contributed by atoms with van der Waals surface area (Å²) in [6.07, 6.45) is 0. The van der Waals surface area contributed by atoms with E-state index in [0.29, 0.717) is 12.2 Å². The van der Waals surface area contributed by atoms with Crippen molar-refractivity contribution in [3.8, 4) is 0 Å². The van der Waals surface area contributed by atoms with Crippen LogP contribution in [0.3, 0.4) is 0 Å². The maximum Gasteiger partial charge on any atom is 0.269 e. The predicted molar refractivity (Wildman–Crippen MR) is 126 cm³/mol. The number of nitro groups is 1. The Kier molecular flexibility index (Phi) is 7.75. The highest BCUT2D eigenvalue weighted by Gasteiger charge is 2.19. The lowest BCUT2D eigenvalue weighted by Crippen LogP contribution is -2.29. The van der Waals surface area contributed by atoms with Crippen LogP contribution in [-0.2, 0) is 10.0 Å². The molecular weight excluding hydrogens is 444 g/mol. The summed E-state index contributed by atoms with van der Waals surface area (Å²) in [4.78, 5) is 22.7. The molecule has 0 aliphatic heterocycles. The molecule has 3 rings (SSSR count). The molecular formula is C23H24N4O5S. The van der Waals surface area contributed by atoms with Crippen LogP contribution in [0.25, 0.3) is 0 Å². The van der Waals surface area contributed by atoms with Gasteiger partial charge >= 0.3 is 0 Å². The first-order chi connectivity index (χ1) is 15.8. The molecule has 172 valence electrons. The fraction of sp³-hybridized carbons (Fsp3) is 0.174. The van der Waals surface area contributed by atoms with Crippen LogP contribution in [0, 0.1) is 10.1 Å². The number of nitrogens with one attached hydrogen (secondary N) is 3. The minimum Gasteiger partial charge on any atom is -0.383 e. The first kappa shape index (κ1) is 23.9. The maximum atomic E-state index is 12.8. The minimum atomic E-state index is -3.82. The van der Waals surface area contributed by atoms with Gasteiger partial charge in [0.15, 0.2) is 0 Å². The van der Waals surface area contributed by atoms with Crippen molar-refractivity contribution in [1.82, 2.24) is 10.0 Å². The van der Waals surface area contributed by atoms with Crippen LogP contribution in [0.5, 0.6) is 0 Å². The van der Waals surface area contributed by atoms with Gasteiger partial charge in [-0.3, -0.25) is 14.9 Å². The number of carbonyl (C=O) groups excluding carboxylic acids is 1. The van der Waals surface area contributed by atoms with Gasteiger partial charge in [-0.1, -0.05) is 36.4 Å². The van der Waals surface area contributed by atoms with E-state index in [1.165, 1.54) is 30.3 Å². The second-order valence-corrected chi connectivity index (χ2v) is 8.98. The number of benzene rings is 3. The van der Waals surface area contributed by atoms with Crippen LogP contribution in [-0.4, -0.2) is 32.3 Å². The fourth-order valence-corrected chi connectivity index (χ4v) is 4.38. The Morgan fingerprint density at radius 1 is 0.970 bits per heavy atom. The summed E-state index contributed by atoms with van der Waals surface area (Å²) < 4.78 is 28.2. The second kappa shape index (κ2) is 10.7. The van der Waals surface area contributed by atoms with Crippen molar-refractivity contribution in [3.05, 3.63) is 100 Å². The molecule has 0 radical (unpaired) electrons. The number of hydrogen-bond acceptors (Lipinski definition) is 6. The fourth-order valence-electron chi connectivity index (χ4n) is 3.10. The van der Waals surface area contributed by atoms with Gasteiger partial charge in [0.25, 0.3) is 11.6 Å². The SMILES string of the molecule is C[C@@H](NS(=O)(=O)c1cccc(C(=O)NCCNc2ccc([N+](=O)[O-])cc2)c1)c1ccccc1. The number of anilines is 1. The maximum absolute atomic E-state index is 12.8. The zero-order chi connectivity index (χ0) is 23.8. The molecule has 1 amide bonds. The molecule has 1 atom stereocenters. The smallest absolute Gasteiger partial charge is 0.269 e. The summed E-state index contributed by atoms with van der Waals surface area (Å²) in [6.45, 7) is 2.41.